The van der Waals surface area contributed by atoms with Gasteiger partial charge in [-0.05, 0) is 25.0 Å². The van der Waals surface area contributed by atoms with E-state index in [1.54, 1.807) is 32.4 Å². The Hall–Kier alpha value is -2.50. The van der Waals surface area contributed by atoms with Crippen molar-refractivity contribution >= 4 is 16.8 Å². The van der Waals surface area contributed by atoms with E-state index in [-0.39, 0.29) is 23.9 Å². The van der Waals surface area contributed by atoms with Crippen molar-refractivity contribution in [3.63, 3.8) is 0 Å². The fourth-order valence-electron chi connectivity index (χ4n) is 2.38. The monoisotopic (exact) mass is 302 g/mol. The third kappa shape index (κ3) is 2.77. The van der Waals surface area contributed by atoms with Gasteiger partial charge in [0.05, 0.1) is 19.7 Å². The summed E-state index contributed by atoms with van der Waals surface area (Å²) in [6.45, 7) is 0.231. The second-order valence-electron chi connectivity index (χ2n) is 5.41. The van der Waals surface area contributed by atoms with Crippen LogP contribution < -0.4 is 20.3 Å². The molecule has 0 atom stereocenters. The molecule has 0 spiro atoms. The number of carbonyl (C=O) groups excluding carboxylic acids is 1. The lowest BCUT2D eigenvalue weighted by Gasteiger charge is -2.10. The molecule has 1 amide bonds. The molecule has 6 nitrogen and oxygen atoms in total. The quantitative estimate of drug-likeness (QED) is 0.878. The van der Waals surface area contributed by atoms with Crippen LogP contribution >= 0.6 is 0 Å². The molecule has 6 heteroatoms. The summed E-state index contributed by atoms with van der Waals surface area (Å²) in [6, 6.07) is 5.29. The first-order valence-corrected chi connectivity index (χ1v) is 7.18. The number of aromatic nitrogens is 1. The number of hydrogen-bond acceptors (Lipinski definition) is 4. The number of methoxy groups -OCH3 is 2. The largest absolute Gasteiger partial charge is 0.493 e. The van der Waals surface area contributed by atoms with Crippen LogP contribution in [0.2, 0.25) is 0 Å². The van der Waals surface area contributed by atoms with E-state index in [2.05, 4.69) is 10.3 Å². The summed E-state index contributed by atoms with van der Waals surface area (Å²) in [5.41, 5.74) is 0.976. The van der Waals surface area contributed by atoms with Crippen LogP contribution in [-0.4, -0.2) is 25.1 Å². The predicted octanol–water partition coefficient (Wildman–Crippen LogP) is 1.57. The molecule has 2 N–H and O–H groups in total. The second-order valence-corrected chi connectivity index (χ2v) is 5.41. The van der Waals surface area contributed by atoms with Crippen LogP contribution in [0.3, 0.4) is 0 Å². The number of fused-ring (bicyclic) bond motifs is 1. The van der Waals surface area contributed by atoms with E-state index in [0.717, 1.165) is 18.2 Å². The lowest BCUT2D eigenvalue weighted by molar-refractivity contribution is -0.122. The topological polar surface area (TPSA) is 80.4 Å². The molecule has 1 aromatic carbocycles. The first-order valence-electron chi connectivity index (χ1n) is 7.18. The van der Waals surface area contributed by atoms with Gasteiger partial charge in [0.1, 0.15) is 0 Å². The summed E-state index contributed by atoms with van der Waals surface area (Å²) in [7, 11) is 3.11. The highest BCUT2D eigenvalue weighted by Crippen LogP contribution is 2.31. The van der Waals surface area contributed by atoms with E-state index in [4.69, 9.17) is 9.47 Å². The van der Waals surface area contributed by atoms with Gasteiger partial charge in [-0.15, -0.1) is 0 Å². The number of nitrogens with one attached hydrogen (secondary N) is 2. The SMILES string of the molecule is COc1cc2cc(CNC(=O)C3CC3)c(=O)[nH]c2cc1OC. The van der Waals surface area contributed by atoms with Gasteiger partial charge in [-0.3, -0.25) is 9.59 Å². The van der Waals surface area contributed by atoms with Gasteiger partial charge in [-0.2, -0.15) is 0 Å². The number of amides is 1. The highest BCUT2D eigenvalue weighted by molar-refractivity contribution is 5.83. The van der Waals surface area contributed by atoms with Crippen LogP contribution in [0.25, 0.3) is 10.9 Å². The van der Waals surface area contributed by atoms with E-state index in [0.29, 0.717) is 22.6 Å². The van der Waals surface area contributed by atoms with Gasteiger partial charge < -0.3 is 19.8 Å². The zero-order chi connectivity index (χ0) is 15.7. The Morgan fingerprint density at radius 3 is 2.55 bits per heavy atom. The van der Waals surface area contributed by atoms with Crippen molar-refractivity contribution in [1.29, 1.82) is 0 Å². The molecule has 1 aliphatic rings. The lowest BCUT2D eigenvalue weighted by Crippen LogP contribution is -2.27. The van der Waals surface area contributed by atoms with Crippen molar-refractivity contribution in [2.45, 2.75) is 19.4 Å². The van der Waals surface area contributed by atoms with Gasteiger partial charge in [-0.1, -0.05) is 0 Å². The number of rotatable bonds is 5. The molecule has 0 unspecified atom stereocenters. The molecule has 116 valence electrons. The fraction of sp³-hybridized carbons (Fsp3) is 0.375. The Bertz CT molecular complexity index is 778. The summed E-state index contributed by atoms with van der Waals surface area (Å²) in [4.78, 5) is 26.6. The zero-order valence-corrected chi connectivity index (χ0v) is 12.6. The van der Waals surface area contributed by atoms with Crippen molar-refractivity contribution in [3.05, 3.63) is 34.1 Å². The number of benzene rings is 1. The molecule has 1 heterocycles. The third-order valence-corrected chi connectivity index (χ3v) is 3.83. The predicted molar refractivity (Wildman–Crippen MR) is 82.2 cm³/mol. The van der Waals surface area contributed by atoms with Crippen LogP contribution in [0.5, 0.6) is 11.5 Å². The Morgan fingerprint density at radius 1 is 1.23 bits per heavy atom. The van der Waals surface area contributed by atoms with Gasteiger partial charge in [0, 0.05) is 29.5 Å². The maximum atomic E-state index is 12.1. The van der Waals surface area contributed by atoms with Gasteiger partial charge in [0.15, 0.2) is 11.5 Å². The summed E-state index contributed by atoms with van der Waals surface area (Å²) >= 11 is 0. The Morgan fingerprint density at radius 2 is 1.91 bits per heavy atom. The molecule has 0 radical (unpaired) electrons. The van der Waals surface area contributed by atoms with Crippen molar-refractivity contribution < 1.29 is 14.3 Å². The highest BCUT2D eigenvalue weighted by atomic mass is 16.5. The molecular weight excluding hydrogens is 284 g/mol. The standard InChI is InChI=1S/C16H18N2O4/c1-21-13-6-10-5-11(8-17-15(19)9-3-4-9)16(20)18-12(10)7-14(13)22-2/h5-7,9H,3-4,8H2,1-2H3,(H,17,19)(H,18,20). The first-order chi connectivity index (χ1) is 10.6. The molecule has 0 bridgehead atoms. The molecule has 1 aliphatic carbocycles. The average molecular weight is 302 g/mol. The summed E-state index contributed by atoms with van der Waals surface area (Å²) in [6.07, 6.45) is 1.88. The van der Waals surface area contributed by atoms with Crippen LogP contribution in [0.4, 0.5) is 0 Å². The van der Waals surface area contributed by atoms with Crippen LogP contribution in [0.15, 0.2) is 23.0 Å². The number of H-pyrrole nitrogens is 1. The molecular formula is C16H18N2O4. The summed E-state index contributed by atoms with van der Waals surface area (Å²) < 4.78 is 10.5. The average Bonchev–Trinajstić information content (AvgIpc) is 3.36. The molecule has 2 aromatic rings. The fourth-order valence-corrected chi connectivity index (χ4v) is 2.38. The highest BCUT2D eigenvalue weighted by Gasteiger charge is 2.29. The smallest absolute Gasteiger partial charge is 0.253 e. The van der Waals surface area contributed by atoms with Crippen molar-refractivity contribution in [2.24, 2.45) is 5.92 Å². The van der Waals surface area contributed by atoms with E-state index >= 15 is 0 Å². The van der Waals surface area contributed by atoms with Gasteiger partial charge in [-0.25, -0.2) is 0 Å². The minimum absolute atomic E-state index is 0.0202. The normalized spacial score (nSPS) is 13.9. The Labute approximate surface area is 127 Å². The van der Waals surface area contributed by atoms with Crippen LogP contribution in [0, 0.1) is 5.92 Å². The zero-order valence-electron chi connectivity index (χ0n) is 12.6. The van der Waals surface area contributed by atoms with E-state index < -0.39 is 0 Å². The van der Waals surface area contributed by atoms with Crippen molar-refractivity contribution in [1.82, 2.24) is 10.3 Å². The third-order valence-electron chi connectivity index (χ3n) is 3.83. The Balaban J connectivity index is 1.92. The van der Waals surface area contributed by atoms with Crippen molar-refractivity contribution in [2.75, 3.05) is 14.2 Å². The summed E-state index contributed by atoms with van der Waals surface area (Å²) in [5.74, 6) is 1.30. The number of aromatic amines is 1. The number of ether oxygens (including phenoxy) is 2. The van der Waals surface area contributed by atoms with Crippen LogP contribution in [-0.2, 0) is 11.3 Å². The molecule has 22 heavy (non-hydrogen) atoms. The molecule has 1 saturated carbocycles. The molecule has 3 rings (SSSR count). The maximum absolute atomic E-state index is 12.1. The maximum Gasteiger partial charge on any atom is 0.253 e. The van der Waals surface area contributed by atoms with E-state index in [1.807, 2.05) is 0 Å². The van der Waals surface area contributed by atoms with Crippen molar-refractivity contribution in [3.8, 4) is 11.5 Å². The minimum atomic E-state index is -0.212. The molecule has 0 saturated heterocycles. The van der Waals surface area contributed by atoms with Gasteiger partial charge >= 0.3 is 0 Å². The van der Waals surface area contributed by atoms with Crippen LogP contribution in [0.1, 0.15) is 18.4 Å². The van der Waals surface area contributed by atoms with E-state index in [1.165, 1.54) is 0 Å². The minimum Gasteiger partial charge on any atom is -0.493 e. The molecule has 1 aromatic heterocycles. The number of carbonyl (C=O) groups is 1. The lowest BCUT2D eigenvalue weighted by atomic mass is 10.1. The van der Waals surface area contributed by atoms with Gasteiger partial charge in [0.2, 0.25) is 5.91 Å². The Kier molecular flexibility index (Phi) is 3.75. The summed E-state index contributed by atoms with van der Waals surface area (Å²) in [5, 5.41) is 3.63. The number of hydrogen-bond donors (Lipinski definition) is 2. The van der Waals surface area contributed by atoms with E-state index in [9.17, 15) is 9.59 Å². The number of pyridine rings is 1. The van der Waals surface area contributed by atoms with Gasteiger partial charge in [0.25, 0.3) is 5.56 Å². The first kappa shape index (κ1) is 14.4. The molecule has 0 aliphatic heterocycles. The second kappa shape index (κ2) is 5.71. The molecule has 1 fully saturated rings.